The van der Waals surface area contributed by atoms with Crippen LogP contribution in [0.15, 0.2) is 46.3 Å². The van der Waals surface area contributed by atoms with Crippen LogP contribution in [0.25, 0.3) is 0 Å². The number of hydrogen-bond donors (Lipinski definition) is 1. The van der Waals surface area contributed by atoms with E-state index >= 15 is 0 Å². The summed E-state index contributed by atoms with van der Waals surface area (Å²) in [5.74, 6) is 1.05. The molecule has 0 spiro atoms. The topological polar surface area (TPSA) is 68.3 Å². The van der Waals surface area contributed by atoms with Crippen molar-refractivity contribution in [1.82, 2.24) is 10.3 Å². The summed E-state index contributed by atoms with van der Waals surface area (Å²) in [6.45, 7) is 3.56. The summed E-state index contributed by atoms with van der Waals surface area (Å²) in [5, 5.41) is 3.39. The molecule has 3 heterocycles. The number of sulfone groups is 1. The third-order valence-corrected chi connectivity index (χ3v) is 6.19. The molecule has 0 bridgehead atoms. The molecular weight excluding hydrogens is 312 g/mol. The van der Waals surface area contributed by atoms with E-state index in [1.165, 1.54) is 6.07 Å². The average Bonchev–Trinajstić information content (AvgIpc) is 2.92. The SMILES string of the molecule is Cc1cccc(S(=O)(=O)c2ccc3c(c2)OC2CNCCC32)n1. The summed E-state index contributed by atoms with van der Waals surface area (Å²) in [7, 11) is -3.62. The van der Waals surface area contributed by atoms with E-state index in [0.717, 1.165) is 25.1 Å². The fourth-order valence-electron chi connectivity index (χ4n) is 3.35. The van der Waals surface area contributed by atoms with Crippen molar-refractivity contribution in [1.29, 1.82) is 0 Å². The maximum absolute atomic E-state index is 12.8. The van der Waals surface area contributed by atoms with Crippen molar-refractivity contribution in [3.8, 4) is 5.75 Å². The Bertz CT molecular complexity index is 864. The molecule has 1 fully saturated rings. The maximum atomic E-state index is 12.8. The summed E-state index contributed by atoms with van der Waals surface area (Å²) in [4.78, 5) is 4.39. The predicted molar refractivity (Wildman–Crippen MR) is 85.5 cm³/mol. The number of pyridine rings is 1. The molecule has 2 aliphatic heterocycles. The first-order chi connectivity index (χ1) is 11.1. The molecule has 2 atom stereocenters. The van der Waals surface area contributed by atoms with E-state index in [9.17, 15) is 8.42 Å². The highest BCUT2D eigenvalue weighted by Crippen LogP contribution is 2.42. The third kappa shape index (κ3) is 2.42. The van der Waals surface area contributed by atoms with E-state index in [-0.39, 0.29) is 16.0 Å². The molecule has 0 saturated carbocycles. The molecule has 2 unspecified atom stereocenters. The van der Waals surface area contributed by atoms with Crippen LogP contribution in [0.4, 0.5) is 0 Å². The monoisotopic (exact) mass is 330 g/mol. The lowest BCUT2D eigenvalue weighted by atomic mass is 9.90. The van der Waals surface area contributed by atoms with Gasteiger partial charge >= 0.3 is 0 Å². The number of nitrogens with zero attached hydrogens (tertiary/aromatic N) is 1. The number of ether oxygens (including phenoxy) is 1. The molecule has 5 nitrogen and oxygen atoms in total. The summed E-state index contributed by atoms with van der Waals surface area (Å²) in [5.41, 5.74) is 1.80. The molecule has 2 aromatic rings. The van der Waals surface area contributed by atoms with Gasteiger partial charge < -0.3 is 10.1 Å². The number of hydrogen-bond acceptors (Lipinski definition) is 5. The molecule has 1 aromatic carbocycles. The van der Waals surface area contributed by atoms with Gasteiger partial charge in [-0.15, -0.1) is 0 Å². The van der Waals surface area contributed by atoms with Crippen molar-refractivity contribution < 1.29 is 13.2 Å². The Hall–Kier alpha value is -1.92. The van der Waals surface area contributed by atoms with Crippen LogP contribution in [-0.4, -0.2) is 32.6 Å². The molecule has 4 rings (SSSR count). The molecule has 6 heteroatoms. The number of fused-ring (bicyclic) bond motifs is 3. The Kier molecular flexibility index (Phi) is 3.39. The van der Waals surface area contributed by atoms with Gasteiger partial charge in [-0.1, -0.05) is 12.1 Å². The zero-order valence-electron chi connectivity index (χ0n) is 12.8. The van der Waals surface area contributed by atoms with Crippen LogP contribution in [-0.2, 0) is 9.84 Å². The lowest BCUT2D eigenvalue weighted by Crippen LogP contribution is -2.39. The van der Waals surface area contributed by atoms with E-state index in [4.69, 9.17) is 4.74 Å². The number of nitrogens with one attached hydrogen (secondary N) is 1. The van der Waals surface area contributed by atoms with E-state index in [2.05, 4.69) is 10.3 Å². The quantitative estimate of drug-likeness (QED) is 0.913. The molecular formula is C17H18N2O3S. The second-order valence-corrected chi connectivity index (χ2v) is 7.97. The van der Waals surface area contributed by atoms with E-state index in [1.54, 1.807) is 31.2 Å². The largest absolute Gasteiger partial charge is 0.488 e. The summed E-state index contributed by atoms with van der Waals surface area (Å²) >= 11 is 0. The van der Waals surface area contributed by atoms with Crippen LogP contribution in [0, 0.1) is 6.92 Å². The minimum Gasteiger partial charge on any atom is -0.488 e. The Morgan fingerprint density at radius 2 is 2.13 bits per heavy atom. The minimum absolute atomic E-state index is 0.0783. The first-order valence-electron chi connectivity index (χ1n) is 7.76. The van der Waals surface area contributed by atoms with Crippen LogP contribution < -0.4 is 10.1 Å². The Balaban J connectivity index is 1.74. The molecule has 2 aliphatic rings. The summed E-state index contributed by atoms with van der Waals surface area (Å²) in [6, 6.07) is 10.2. The Labute approximate surface area is 135 Å². The third-order valence-electron chi connectivity index (χ3n) is 4.54. The summed E-state index contributed by atoms with van der Waals surface area (Å²) in [6.07, 6.45) is 1.12. The van der Waals surface area contributed by atoms with Gasteiger partial charge in [-0.05, 0) is 44.2 Å². The van der Waals surface area contributed by atoms with Crippen LogP contribution in [0.5, 0.6) is 5.75 Å². The first-order valence-corrected chi connectivity index (χ1v) is 9.24. The van der Waals surface area contributed by atoms with Gasteiger partial charge in [0, 0.05) is 23.7 Å². The van der Waals surface area contributed by atoms with E-state index in [1.807, 2.05) is 6.07 Å². The van der Waals surface area contributed by atoms with Gasteiger partial charge in [0.2, 0.25) is 9.84 Å². The highest BCUT2D eigenvalue weighted by atomic mass is 32.2. The van der Waals surface area contributed by atoms with Gasteiger partial charge in [0.15, 0.2) is 5.03 Å². The second kappa shape index (κ2) is 5.32. The molecule has 23 heavy (non-hydrogen) atoms. The van der Waals surface area contributed by atoms with Crippen molar-refractivity contribution in [3.63, 3.8) is 0 Å². The van der Waals surface area contributed by atoms with Gasteiger partial charge in [0.25, 0.3) is 0 Å². The molecule has 1 N–H and O–H groups in total. The number of aryl methyl sites for hydroxylation is 1. The van der Waals surface area contributed by atoms with E-state index < -0.39 is 9.84 Å². The molecule has 120 valence electrons. The number of aromatic nitrogens is 1. The predicted octanol–water partition coefficient (Wildman–Crippen LogP) is 2.06. The zero-order chi connectivity index (χ0) is 16.0. The highest BCUT2D eigenvalue weighted by molar-refractivity contribution is 7.91. The zero-order valence-corrected chi connectivity index (χ0v) is 13.6. The van der Waals surface area contributed by atoms with Crippen LogP contribution >= 0.6 is 0 Å². The smallest absolute Gasteiger partial charge is 0.223 e. The first kappa shape index (κ1) is 14.7. The lowest BCUT2D eigenvalue weighted by molar-refractivity contribution is 0.176. The van der Waals surface area contributed by atoms with Crippen molar-refractivity contribution in [2.24, 2.45) is 0 Å². The normalized spacial score (nSPS) is 23.0. The van der Waals surface area contributed by atoms with Crippen LogP contribution in [0.1, 0.15) is 23.6 Å². The molecule has 0 radical (unpaired) electrons. The Morgan fingerprint density at radius 1 is 1.26 bits per heavy atom. The number of benzene rings is 1. The Morgan fingerprint density at radius 3 is 2.96 bits per heavy atom. The minimum atomic E-state index is -3.62. The van der Waals surface area contributed by atoms with Crippen LogP contribution in [0.2, 0.25) is 0 Å². The van der Waals surface area contributed by atoms with Gasteiger partial charge in [0.1, 0.15) is 11.9 Å². The highest BCUT2D eigenvalue weighted by Gasteiger charge is 2.36. The summed E-state index contributed by atoms with van der Waals surface area (Å²) < 4.78 is 31.5. The number of piperidine rings is 1. The standard InChI is InChI=1S/C17H18N2O3S/c1-11-3-2-4-17(19-11)23(20,21)12-5-6-13-14-7-8-18-10-16(14)22-15(13)9-12/h2-6,9,14,16,18H,7-8,10H2,1H3. The molecule has 1 aromatic heterocycles. The fraction of sp³-hybridized carbons (Fsp3) is 0.353. The van der Waals surface area contributed by atoms with Crippen molar-refractivity contribution in [2.75, 3.05) is 13.1 Å². The fourth-order valence-corrected chi connectivity index (χ4v) is 4.62. The van der Waals surface area contributed by atoms with Gasteiger partial charge in [-0.3, -0.25) is 0 Å². The van der Waals surface area contributed by atoms with Crippen molar-refractivity contribution >= 4 is 9.84 Å². The molecule has 0 amide bonds. The van der Waals surface area contributed by atoms with E-state index in [0.29, 0.717) is 17.4 Å². The van der Waals surface area contributed by atoms with Crippen molar-refractivity contribution in [2.45, 2.75) is 35.3 Å². The van der Waals surface area contributed by atoms with Crippen molar-refractivity contribution in [3.05, 3.63) is 47.7 Å². The average molecular weight is 330 g/mol. The lowest BCUT2D eigenvalue weighted by Gasteiger charge is -2.24. The molecule has 0 aliphatic carbocycles. The number of rotatable bonds is 2. The van der Waals surface area contributed by atoms with Gasteiger partial charge in [-0.2, -0.15) is 0 Å². The van der Waals surface area contributed by atoms with Gasteiger partial charge in [0.05, 0.1) is 4.90 Å². The van der Waals surface area contributed by atoms with Gasteiger partial charge in [-0.25, -0.2) is 13.4 Å². The second-order valence-electron chi connectivity index (χ2n) is 6.08. The van der Waals surface area contributed by atoms with Crippen LogP contribution in [0.3, 0.4) is 0 Å². The molecule has 1 saturated heterocycles. The maximum Gasteiger partial charge on any atom is 0.223 e.